The average molecular weight is 365 g/mol. The summed E-state index contributed by atoms with van der Waals surface area (Å²) in [6.45, 7) is 8.70. The first-order valence-corrected chi connectivity index (χ1v) is 9.46. The van der Waals surface area contributed by atoms with Gasteiger partial charge in [-0.15, -0.1) is 0 Å². The van der Waals surface area contributed by atoms with E-state index in [2.05, 4.69) is 67.6 Å². The Bertz CT molecular complexity index is 903. The van der Waals surface area contributed by atoms with Crippen molar-refractivity contribution in [1.29, 1.82) is 0 Å². The standard InChI is InChI=1S/C23H25ClN2/c1-5-16(2)19-6-10-22(11-7-19)25-15-20-14-17(3)26(18(20)4)23-12-8-21(24)9-13-23/h6-16H,5H2,1-4H3/t16-/m0/s1. The summed E-state index contributed by atoms with van der Waals surface area (Å²) < 4.78 is 2.23. The summed E-state index contributed by atoms with van der Waals surface area (Å²) in [6.07, 6.45) is 3.10. The van der Waals surface area contributed by atoms with Gasteiger partial charge in [0.2, 0.25) is 0 Å². The molecule has 0 radical (unpaired) electrons. The molecule has 0 amide bonds. The highest BCUT2D eigenvalue weighted by Gasteiger charge is 2.09. The van der Waals surface area contributed by atoms with E-state index in [4.69, 9.17) is 11.6 Å². The molecule has 134 valence electrons. The SMILES string of the molecule is CC[C@H](C)c1ccc(N=Cc2cc(C)n(-c3ccc(Cl)cc3)c2C)cc1. The Morgan fingerprint density at radius 3 is 2.31 bits per heavy atom. The molecule has 0 N–H and O–H groups in total. The summed E-state index contributed by atoms with van der Waals surface area (Å²) in [4.78, 5) is 4.67. The lowest BCUT2D eigenvalue weighted by Crippen LogP contribution is -1.99. The normalized spacial score (nSPS) is 12.7. The van der Waals surface area contributed by atoms with E-state index >= 15 is 0 Å². The van der Waals surface area contributed by atoms with Crippen molar-refractivity contribution in [2.24, 2.45) is 4.99 Å². The number of rotatable bonds is 5. The molecule has 2 aromatic carbocycles. The zero-order valence-electron chi connectivity index (χ0n) is 15.8. The number of aryl methyl sites for hydroxylation is 1. The molecule has 1 aromatic heterocycles. The molecule has 0 saturated heterocycles. The maximum atomic E-state index is 6.01. The molecule has 0 aliphatic heterocycles. The van der Waals surface area contributed by atoms with Gasteiger partial charge < -0.3 is 4.57 Å². The second-order valence-electron chi connectivity index (χ2n) is 6.80. The minimum absolute atomic E-state index is 0.589. The Hall–Kier alpha value is -2.32. The highest BCUT2D eigenvalue weighted by molar-refractivity contribution is 6.30. The largest absolute Gasteiger partial charge is 0.318 e. The third kappa shape index (κ3) is 3.91. The lowest BCUT2D eigenvalue weighted by molar-refractivity contribution is 0.734. The van der Waals surface area contributed by atoms with Crippen molar-refractivity contribution in [3.8, 4) is 5.69 Å². The van der Waals surface area contributed by atoms with Gasteiger partial charge in [-0.05, 0) is 74.2 Å². The molecule has 0 unspecified atom stereocenters. The molecular weight excluding hydrogens is 340 g/mol. The van der Waals surface area contributed by atoms with Crippen molar-refractivity contribution in [2.45, 2.75) is 40.0 Å². The molecule has 0 aliphatic rings. The van der Waals surface area contributed by atoms with E-state index in [1.54, 1.807) is 0 Å². The van der Waals surface area contributed by atoms with Gasteiger partial charge in [0.05, 0.1) is 5.69 Å². The number of halogens is 1. The van der Waals surface area contributed by atoms with Crippen LogP contribution < -0.4 is 0 Å². The van der Waals surface area contributed by atoms with Gasteiger partial charge in [0.15, 0.2) is 0 Å². The Morgan fingerprint density at radius 2 is 1.69 bits per heavy atom. The van der Waals surface area contributed by atoms with Crippen LogP contribution >= 0.6 is 11.6 Å². The predicted octanol–water partition coefficient (Wildman–Crippen LogP) is 7.01. The van der Waals surface area contributed by atoms with Gasteiger partial charge in [-0.2, -0.15) is 0 Å². The summed E-state index contributed by atoms with van der Waals surface area (Å²) in [5.41, 5.74) is 6.94. The second-order valence-corrected chi connectivity index (χ2v) is 7.23. The lowest BCUT2D eigenvalue weighted by Gasteiger charge is -2.09. The topological polar surface area (TPSA) is 17.3 Å². The van der Waals surface area contributed by atoms with E-state index in [1.807, 2.05) is 30.5 Å². The van der Waals surface area contributed by atoms with Crippen molar-refractivity contribution in [1.82, 2.24) is 4.57 Å². The van der Waals surface area contributed by atoms with Crippen LogP contribution in [0, 0.1) is 13.8 Å². The molecule has 3 rings (SSSR count). The van der Waals surface area contributed by atoms with Crippen LogP contribution in [0.5, 0.6) is 0 Å². The summed E-state index contributed by atoms with van der Waals surface area (Å²) in [5.74, 6) is 0.589. The maximum Gasteiger partial charge on any atom is 0.0630 e. The van der Waals surface area contributed by atoms with Crippen LogP contribution in [0.25, 0.3) is 5.69 Å². The molecule has 3 heteroatoms. The minimum Gasteiger partial charge on any atom is -0.318 e. The third-order valence-corrected chi connectivity index (χ3v) is 5.23. The van der Waals surface area contributed by atoms with Gasteiger partial charge >= 0.3 is 0 Å². The van der Waals surface area contributed by atoms with Crippen LogP contribution in [-0.4, -0.2) is 10.8 Å². The van der Waals surface area contributed by atoms with Crippen molar-refractivity contribution < 1.29 is 0 Å². The molecule has 0 aliphatic carbocycles. The van der Waals surface area contributed by atoms with Crippen molar-refractivity contribution in [2.75, 3.05) is 0 Å². The molecule has 0 bridgehead atoms. The smallest absolute Gasteiger partial charge is 0.0630 e. The average Bonchev–Trinajstić information content (AvgIpc) is 2.94. The molecule has 0 fully saturated rings. The third-order valence-electron chi connectivity index (χ3n) is 4.98. The fourth-order valence-corrected chi connectivity index (χ4v) is 3.30. The first-order valence-electron chi connectivity index (χ1n) is 9.08. The molecule has 3 aromatic rings. The zero-order chi connectivity index (χ0) is 18.7. The van der Waals surface area contributed by atoms with Gasteiger partial charge in [0.1, 0.15) is 0 Å². The number of nitrogens with zero attached hydrogens (tertiary/aromatic N) is 2. The van der Waals surface area contributed by atoms with Gasteiger partial charge in [-0.3, -0.25) is 4.99 Å². The first-order chi connectivity index (χ1) is 12.5. The molecular formula is C23H25ClN2. The van der Waals surface area contributed by atoms with Gasteiger partial charge in [0.25, 0.3) is 0 Å². The maximum absolute atomic E-state index is 6.01. The van der Waals surface area contributed by atoms with Gasteiger partial charge in [-0.1, -0.05) is 37.6 Å². The fraction of sp³-hybridized carbons (Fsp3) is 0.261. The summed E-state index contributed by atoms with van der Waals surface area (Å²) in [6, 6.07) is 18.6. The number of aromatic nitrogens is 1. The lowest BCUT2D eigenvalue weighted by atomic mass is 9.99. The number of aliphatic imine (C=N–C) groups is 1. The Balaban J connectivity index is 1.85. The van der Waals surface area contributed by atoms with E-state index in [-0.39, 0.29) is 0 Å². The summed E-state index contributed by atoms with van der Waals surface area (Å²) in [5, 5.41) is 0.749. The predicted molar refractivity (Wildman–Crippen MR) is 113 cm³/mol. The molecule has 2 nitrogen and oxygen atoms in total. The molecule has 0 saturated carbocycles. The molecule has 1 atom stereocenters. The summed E-state index contributed by atoms with van der Waals surface area (Å²) in [7, 11) is 0. The monoisotopic (exact) mass is 364 g/mol. The number of hydrogen-bond acceptors (Lipinski definition) is 1. The van der Waals surface area contributed by atoms with E-state index in [0.29, 0.717) is 5.92 Å². The van der Waals surface area contributed by atoms with Crippen LogP contribution in [0.3, 0.4) is 0 Å². The van der Waals surface area contributed by atoms with Gasteiger partial charge in [-0.25, -0.2) is 0 Å². The highest BCUT2D eigenvalue weighted by Crippen LogP contribution is 2.24. The van der Waals surface area contributed by atoms with Crippen molar-refractivity contribution in [3.05, 3.63) is 82.1 Å². The van der Waals surface area contributed by atoms with Crippen LogP contribution in [0.1, 0.15) is 48.7 Å². The molecule has 0 spiro atoms. The first kappa shape index (κ1) is 18.5. The number of benzene rings is 2. The van der Waals surface area contributed by atoms with E-state index in [0.717, 1.165) is 28.4 Å². The van der Waals surface area contributed by atoms with Gasteiger partial charge in [0, 0.05) is 33.9 Å². The van der Waals surface area contributed by atoms with E-state index < -0.39 is 0 Å². The van der Waals surface area contributed by atoms with Crippen molar-refractivity contribution in [3.63, 3.8) is 0 Å². The van der Waals surface area contributed by atoms with Crippen LogP contribution in [0.15, 0.2) is 59.6 Å². The summed E-state index contributed by atoms with van der Waals surface area (Å²) >= 11 is 6.01. The molecule has 26 heavy (non-hydrogen) atoms. The highest BCUT2D eigenvalue weighted by atomic mass is 35.5. The van der Waals surface area contributed by atoms with Crippen molar-refractivity contribution >= 4 is 23.5 Å². The minimum atomic E-state index is 0.589. The molecule has 1 heterocycles. The Kier molecular flexibility index (Phi) is 5.63. The number of hydrogen-bond donors (Lipinski definition) is 0. The fourth-order valence-electron chi connectivity index (χ4n) is 3.17. The Labute approximate surface area is 161 Å². The van der Waals surface area contributed by atoms with E-state index in [1.165, 1.54) is 17.0 Å². The van der Waals surface area contributed by atoms with Crippen LogP contribution in [-0.2, 0) is 0 Å². The van der Waals surface area contributed by atoms with Crippen LogP contribution in [0.2, 0.25) is 5.02 Å². The van der Waals surface area contributed by atoms with Crippen LogP contribution in [0.4, 0.5) is 5.69 Å². The quantitative estimate of drug-likeness (QED) is 0.433. The Morgan fingerprint density at radius 1 is 1.04 bits per heavy atom. The zero-order valence-corrected chi connectivity index (χ0v) is 16.6. The second kappa shape index (κ2) is 7.92. The van der Waals surface area contributed by atoms with E-state index in [9.17, 15) is 0 Å².